The summed E-state index contributed by atoms with van der Waals surface area (Å²) < 4.78 is 10.7. The molecule has 0 bridgehead atoms. The number of anilines is 2. The van der Waals surface area contributed by atoms with Crippen molar-refractivity contribution in [2.24, 2.45) is 5.92 Å². The minimum atomic E-state index is -0.408. The van der Waals surface area contributed by atoms with Gasteiger partial charge in [-0.3, -0.25) is 9.59 Å². The highest BCUT2D eigenvalue weighted by Gasteiger charge is 2.35. The van der Waals surface area contributed by atoms with Crippen molar-refractivity contribution in [2.45, 2.75) is 20.3 Å². The molecule has 6 nitrogen and oxygen atoms in total. The number of rotatable bonds is 6. The minimum absolute atomic E-state index is 0.0597. The van der Waals surface area contributed by atoms with Crippen LogP contribution in [0.3, 0.4) is 0 Å². The van der Waals surface area contributed by atoms with E-state index in [1.54, 1.807) is 12.0 Å². The van der Waals surface area contributed by atoms with Crippen molar-refractivity contribution in [3.8, 4) is 11.5 Å². The molecule has 1 heterocycles. The molecule has 142 valence electrons. The van der Waals surface area contributed by atoms with Crippen molar-refractivity contribution in [1.29, 1.82) is 0 Å². The van der Waals surface area contributed by atoms with Crippen molar-refractivity contribution in [3.63, 3.8) is 0 Å². The van der Waals surface area contributed by atoms with Gasteiger partial charge in [0.15, 0.2) is 0 Å². The SMILES string of the molecule is CCOc1ccc(N2C[C@H](C(=O)Nc3cc(C)ccc3OC)CC2=O)cc1. The van der Waals surface area contributed by atoms with E-state index in [1.165, 1.54) is 0 Å². The van der Waals surface area contributed by atoms with Crippen molar-refractivity contribution in [3.05, 3.63) is 48.0 Å². The predicted molar refractivity (Wildman–Crippen MR) is 104 cm³/mol. The largest absolute Gasteiger partial charge is 0.495 e. The average Bonchev–Trinajstić information content (AvgIpc) is 3.05. The summed E-state index contributed by atoms with van der Waals surface area (Å²) in [5.74, 6) is 0.709. The summed E-state index contributed by atoms with van der Waals surface area (Å²) >= 11 is 0. The van der Waals surface area contributed by atoms with Gasteiger partial charge in [-0.15, -0.1) is 0 Å². The van der Waals surface area contributed by atoms with Gasteiger partial charge in [0.25, 0.3) is 0 Å². The third kappa shape index (κ3) is 4.22. The monoisotopic (exact) mass is 368 g/mol. The van der Waals surface area contributed by atoms with E-state index in [2.05, 4.69) is 5.32 Å². The van der Waals surface area contributed by atoms with Crippen molar-refractivity contribution in [1.82, 2.24) is 0 Å². The number of aryl methyl sites for hydroxylation is 1. The molecule has 0 saturated carbocycles. The van der Waals surface area contributed by atoms with Crippen LogP contribution < -0.4 is 19.7 Å². The van der Waals surface area contributed by atoms with Crippen LogP contribution in [0, 0.1) is 12.8 Å². The number of benzene rings is 2. The molecule has 2 aromatic rings. The van der Waals surface area contributed by atoms with E-state index < -0.39 is 5.92 Å². The van der Waals surface area contributed by atoms with Crippen LogP contribution in [-0.2, 0) is 9.59 Å². The van der Waals surface area contributed by atoms with Gasteiger partial charge < -0.3 is 19.7 Å². The molecule has 0 radical (unpaired) electrons. The lowest BCUT2D eigenvalue weighted by molar-refractivity contribution is -0.122. The van der Waals surface area contributed by atoms with Gasteiger partial charge in [0.2, 0.25) is 11.8 Å². The van der Waals surface area contributed by atoms with Crippen LogP contribution in [0.25, 0.3) is 0 Å². The van der Waals surface area contributed by atoms with E-state index in [9.17, 15) is 9.59 Å². The highest BCUT2D eigenvalue weighted by molar-refractivity contribution is 6.04. The van der Waals surface area contributed by atoms with Crippen LogP contribution in [0.5, 0.6) is 11.5 Å². The Kier molecular flexibility index (Phi) is 5.64. The average molecular weight is 368 g/mol. The van der Waals surface area contributed by atoms with Gasteiger partial charge in [0.05, 0.1) is 25.3 Å². The molecule has 1 atom stereocenters. The molecule has 0 unspecified atom stereocenters. The summed E-state index contributed by atoms with van der Waals surface area (Å²) in [6.45, 7) is 4.81. The number of carbonyl (C=O) groups excluding carboxylic acids is 2. The molecule has 1 fully saturated rings. The maximum absolute atomic E-state index is 12.7. The Morgan fingerprint density at radius 3 is 2.63 bits per heavy atom. The molecular formula is C21H24N2O4. The van der Waals surface area contributed by atoms with E-state index in [4.69, 9.17) is 9.47 Å². The Bertz CT molecular complexity index is 833. The lowest BCUT2D eigenvalue weighted by Gasteiger charge is -2.17. The standard InChI is InChI=1S/C21H24N2O4/c1-4-27-17-8-6-16(7-9-17)23-13-15(12-20(23)24)21(25)22-18-11-14(2)5-10-19(18)26-3/h5-11,15H,4,12-13H2,1-3H3,(H,22,25)/t15-/m1/s1. The first-order chi connectivity index (χ1) is 13.0. The Morgan fingerprint density at radius 2 is 1.96 bits per heavy atom. The van der Waals surface area contributed by atoms with Crippen LogP contribution in [0.15, 0.2) is 42.5 Å². The summed E-state index contributed by atoms with van der Waals surface area (Å²) in [4.78, 5) is 26.8. The normalized spacial score (nSPS) is 16.3. The second-order valence-corrected chi connectivity index (χ2v) is 6.53. The molecule has 2 amide bonds. The van der Waals surface area contributed by atoms with Gasteiger partial charge in [-0.2, -0.15) is 0 Å². The number of amides is 2. The fraction of sp³-hybridized carbons (Fsp3) is 0.333. The zero-order valence-electron chi connectivity index (χ0n) is 15.8. The van der Waals surface area contributed by atoms with Gasteiger partial charge in [-0.05, 0) is 55.8 Å². The van der Waals surface area contributed by atoms with Crippen molar-refractivity contribution >= 4 is 23.2 Å². The van der Waals surface area contributed by atoms with Gasteiger partial charge in [0, 0.05) is 18.7 Å². The van der Waals surface area contributed by atoms with Crippen molar-refractivity contribution < 1.29 is 19.1 Å². The number of hydrogen-bond acceptors (Lipinski definition) is 4. The molecule has 2 aromatic carbocycles. The van der Waals surface area contributed by atoms with Gasteiger partial charge >= 0.3 is 0 Å². The maximum Gasteiger partial charge on any atom is 0.229 e. The molecule has 1 aliphatic heterocycles. The summed E-state index contributed by atoms with van der Waals surface area (Å²) in [7, 11) is 1.56. The fourth-order valence-electron chi connectivity index (χ4n) is 3.18. The highest BCUT2D eigenvalue weighted by atomic mass is 16.5. The van der Waals surface area contributed by atoms with Crippen molar-refractivity contribution in [2.75, 3.05) is 30.5 Å². The second kappa shape index (κ2) is 8.12. The third-order valence-electron chi connectivity index (χ3n) is 4.57. The van der Waals surface area contributed by atoms with Crippen LogP contribution in [0.4, 0.5) is 11.4 Å². The first-order valence-corrected chi connectivity index (χ1v) is 9.00. The molecule has 0 aliphatic carbocycles. The molecule has 1 N–H and O–H groups in total. The summed E-state index contributed by atoms with van der Waals surface area (Å²) in [5.41, 5.74) is 2.41. The Labute approximate surface area is 159 Å². The highest BCUT2D eigenvalue weighted by Crippen LogP contribution is 2.30. The van der Waals surface area contributed by atoms with E-state index >= 15 is 0 Å². The van der Waals surface area contributed by atoms with Crippen LogP contribution in [-0.4, -0.2) is 32.1 Å². The lowest BCUT2D eigenvalue weighted by Crippen LogP contribution is -2.28. The molecule has 6 heteroatoms. The van der Waals surface area contributed by atoms with Crippen LogP contribution in [0.1, 0.15) is 18.9 Å². The van der Waals surface area contributed by atoms with Crippen LogP contribution in [0.2, 0.25) is 0 Å². The number of hydrogen-bond donors (Lipinski definition) is 1. The number of nitrogens with zero attached hydrogens (tertiary/aromatic N) is 1. The summed E-state index contributed by atoms with van der Waals surface area (Å²) in [5, 5.41) is 2.90. The molecule has 3 rings (SSSR count). The zero-order valence-corrected chi connectivity index (χ0v) is 15.8. The molecule has 1 saturated heterocycles. The van der Waals surface area contributed by atoms with E-state index in [0.29, 0.717) is 24.6 Å². The van der Waals surface area contributed by atoms with Gasteiger partial charge in [-0.25, -0.2) is 0 Å². The molecule has 0 spiro atoms. The van der Waals surface area contributed by atoms with Crippen LogP contribution >= 0.6 is 0 Å². The van der Waals surface area contributed by atoms with E-state index in [0.717, 1.165) is 17.0 Å². The quantitative estimate of drug-likeness (QED) is 0.849. The third-order valence-corrected chi connectivity index (χ3v) is 4.57. The van der Waals surface area contributed by atoms with E-state index in [-0.39, 0.29) is 18.2 Å². The topological polar surface area (TPSA) is 67.9 Å². The Morgan fingerprint density at radius 1 is 1.22 bits per heavy atom. The molecular weight excluding hydrogens is 344 g/mol. The Balaban J connectivity index is 1.69. The molecule has 1 aliphatic rings. The summed E-state index contributed by atoms with van der Waals surface area (Å²) in [6, 6.07) is 12.9. The first-order valence-electron chi connectivity index (χ1n) is 9.00. The molecule has 27 heavy (non-hydrogen) atoms. The van der Waals surface area contributed by atoms with Gasteiger partial charge in [0.1, 0.15) is 11.5 Å². The lowest BCUT2D eigenvalue weighted by atomic mass is 10.1. The maximum atomic E-state index is 12.7. The number of methoxy groups -OCH3 is 1. The minimum Gasteiger partial charge on any atom is -0.495 e. The number of ether oxygens (including phenoxy) is 2. The summed E-state index contributed by atoms with van der Waals surface area (Å²) in [6.07, 6.45) is 0.188. The van der Waals surface area contributed by atoms with Gasteiger partial charge in [-0.1, -0.05) is 6.07 Å². The fourth-order valence-corrected chi connectivity index (χ4v) is 3.18. The number of carbonyl (C=O) groups is 2. The second-order valence-electron chi connectivity index (χ2n) is 6.53. The Hall–Kier alpha value is -3.02. The predicted octanol–water partition coefficient (Wildman–Crippen LogP) is 3.39. The van der Waals surface area contributed by atoms with E-state index in [1.807, 2.05) is 56.3 Å². The number of nitrogens with one attached hydrogen (secondary N) is 1. The zero-order chi connectivity index (χ0) is 19.4. The molecule has 0 aromatic heterocycles. The first kappa shape index (κ1) is 18.8. The smallest absolute Gasteiger partial charge is 0.229 e.